The van der Waals surface area contributed by atoms with E-state index in [0.29, 0.717) is 18.0 Å². The normalized spacial score (nSPS) is 10.3. The Morgan fingerprint density at radius 3 is 2.93 bits per heavy atom. The maximum absolute atomic E-state index is 12.7. The van der Waals surface area contributed by atoms with E-state index in [-0.39, 0.29) is 5.82 Å². The molecule has 0 aliphatic rings. The lowest BCUT2D eigenvalue weighted by atomic mass is 10.3. The van der Waals surface area contributed by atoms with Gasteiger partial charge in [0.05, 0.1) is 12.3 Å². The molecule has 0 unspecified atom stereocenters. The van der Waals surface area contributed by atoms with Crippen molar-refractivity contribution in [3.8, 4) is 5.75 Å². The molecule has 0 amide bonds. The van der Waals surface area contributed by atoms with Crippen molar-refractivity contribution in [2.24, 2.45) is 0 Å². The van der Waals surface area contributed by atoms with Crippen LogP contribution in [0.2, 0.25) is 0 Å². The first-order valence-corrected chi connectivity index (χ1v) is 6.15. The van der Waals surface area contributed by atoms with E-state index in [1.807, 2.05) is 11.8 Å². The first-order chi connectivity index (χ1) is 7.24. The molecule has 1 aromatic rings. The Kier molecular flexibility index (Phi) is 5.32. The van der Waals surface area contributed by atoms with Gasteiger partial charge >= 0.3 is 0 Å². The number of hydrogen-bond donors (Lipinski definition) is 1. The van der Waals surface area contributed by atoms with Gasteiger partial charge in [0, 0.05) is 6.07 Å². The van der Waals surface area contributed by atoms with Crippen LogP contribution < -0.4 is 10.5 Å². The molecule has 0 heterocycles. The van der Waals surface area contributed by atoms with Crippen molar-refractivity contribution in [3.05, 3.63) is 24.0 Å². The number of anilines is 1. The van der Waals surface area contributed by atoms with Crippen molar-refractivity contribution < 1.29 is 9.13 Å². The fraction of sp³-hybridized carbons (Fsp3) is 0.455. The number of rotatable bonds is 6. The summed E-state index contributed by atoms with van der Waals surface area (Å²) < 4.78 is 18.1. The number of halogens is 1. The van der Waals surface area contributed by atoms with Gasteiger partial charge in [-0.25, -0.2) is 4.39 Å². The molecule has 0 atom stereocenters. The summed E-state index contributed by atoms with van der Waals surface area (Å²) in [6, 6.07) is 4.19. The van der Waals surface area contributed by atoms with Crippen LogP contribution in [0, 0.1) is 5.82 Å². The molecule has 4 heteroatoms. The highest BCUT2D eigenvalue weighted by molar-refractivity contribution is 7.99. The molecule has 0 fully saturated rings. The number of thioether (sulfide) groups is 1. The molecule has 15 heavy (non-hydrogen) atoms. The van der Waals surface area contributed by atoms with E-state index in [0.717, 1.165) is 17.9 Å². The highest BCUT2D eigenvalue weighted by Crippen LogP contribution is 2.21. The van der Waals surface area contributed by atoms with Crippen LogP contribution in [-0.4, -0.2) is 18.1 Å². The molecule has 1 aromatic carbocycles. The first kappa shape index (κ1) is 12.2. The molecule has 2 N–H and O–H groups in total. The molecule has 0 radical (unpaired) electrons. The molecule has 0 aromatic heterocycles. The minimum Gasteiger partial charge on any atom is -0.491 e. The lowest BCUT2D eigenvalue weighted by Crippen LogP contribution is -2.01. The Balaban J connectivity index is 2.31. The quantitative estimate of drug-likeness (QED) is 0.601. The smallest absolute Gasteiger partial charge is 0.142 e. The van der Waals surface area contributed by atoms with Crippen molar-refractivity contribution in [2.75, 3.05) is 23.8 Å². The summed E-state index contributed by atoms with van der Waals surface area (Å²) in [6.45, 7) is 2.76. The van der Waals surface area contributed by atoms with Gasteiger partial charge in [0.25, 0.3) is 0 Å². The summed E-state index contributed by atoms with van der Waals surface area (Å²) >= 11 is 1.88. The van der Waals surface area contributed by atoms with Crippen molar-refractivity contribution in [1.29, 1.82) is 0 Å². The van der Waals surface area contributed by atoms with E-state index in [4.69, 9.17) is 10.5 Å². The van der Waals surface area contributed by atoms with Crippen LogP contribution in [0.15, 0.2) is 18.2 Å². The SMILES string of the molecule is CCSCCCOc1ccc(F)cc1N. The van der Waals surface area contributed by atoms with E-state index >= 15 is 0 Å². The van der Waals surface area contributed by atoms with Gasteiger partial charge in [-0.1, -0.05) is 6.92 Å². The molecule has 0 saturated carbocycles. The minimum atomic E-state index is -0.332. The summed E-state index contributed by atoms with van der Waals surface area (Å²) in [5, 5.41) is 0. The molecule has 1 rings (SSSR count). The lowest BCUT2D eigenvalue weighted by Gasteiger charge is -2.08. The Labute approximate surface area is 94.0 Å². The summed E-state index contributed by atoms with van der Waals surface area (Å²) in [4.78, 5) is 0. The summed E-state index contributed by atoms with van der Waals surface area (Å²) in [5.41, 5.74) is 5.95. The topological polar surface area (TPSA) is 35.2 Å². The molecule has 0 spiro atoms. The molecule has 0 aliphatic carbocycles. The van der Waals surface area contributed by atoms with Crippen molar-refractivity contribution in [3.63, 3.8) is 0 Å². The molecular formula is C11H16FNOS. The van der Waals surface area contributed by atoms with Crippen LogP contribution >= 0.6 is 11.8 Å². The van der Waals surface area contributed by atoms with Gasteiger partial charge in [-0.3, -0.25) is 0 Å². The molecular weight excluding hydrogens is 213 g/mol. The number of nitrogens with two attached hydrogens (primary N) is 1. The van der Waals surface area contributed by atoms with Gasteiger partial charge < -0.3 is 10.5 Å². The third-order valence-corrected chi connectivity index (χ3v) is 2.85. The predicted octanol–water partition coefficient (Wildman–Crippen LogP) is 2.93. The Hall–Kier alpha value is -0.900. The maximum Gasteiger partial charge on any atom is 0.142 e. The predicted molar refractivity (Wildman–Crippen MR) is 63.9 cm³/mol. The van der Waals surface area contributed by atoms with Crippen LogP contribution in [0.4, 0.5) is 10.1 Å². The molecule has 84 valence electrons. The van der Waals surface area contributed by atoms with Gasteiger partial charge in [0.1, 0.15) is 11.6 Å². The lowest BCUT2D eigenvalue weighted by molar-refractivity contribution is 0.320. The summed E-state index contributed by atoms with van der Waals surface area (Å²) in [5.74, 6) is 2.44. The zero-order valence-electron chi connectivity index (χ0n) is 8.83. The van der Waals surface area contributed by atoms with Gasteiger partial charge in [-0.15, -0.1) is 0 Å². The van der Waals surface area contributed by atoms with Crippen molar-refractivity contribution in [2.45, 2.75) is 13.3 Å². The second-order valence-corrected chi connectivity index (χ2v) is 4.47. The number of nitrogen functional groups attached to an aromatic ring is 1. The van der Waals surface area contributed by atoms with E-state index in [1.54, 1.807) is 6.07 Å². The molecule has 0 saturated heterocycles. The molecule has 0 bridgehead atoms. The number of hydrogen-bond acceptors (Lipinski definition) is 3. The van der Waals surface area contributed by atoms with E-state index in [9.17, 15) is 4.39 Å². The monoisotopic (exact) mass is 229 g/mol. The van der Waals surface area contributed by atoms with E-state index in [2.05, 4.69) is 6.92 Å². The zero-order valence-corrected chi connectivity index (χ0v) is 9.65. The minimum absolute atomic E-state index is 0.332. The largest absolute Gasteiger partial charge is 0.491 e. The second kappa shape index (κ2) is 6.56. The standard InChI is InChI=1S/C11H16FNOS/c1-2-15-7-3-6-14-11-5-4-9(12)8-10(11)13/h4-5,8H,2-3,6-7,13H2,1H3. The average molecular weight is 229 g/mol. The van der Waals surface area contributed by atoms with Crippen LogP contribution in [0.3, 0.4) is 0 Å². The second-order valence-electron chi connectivity index (χ2n) is 3.08. The molecule has 0 aliphatic heterocycles. The van der Waals surface area contributed by atoms with Crippen LogP contribution in [0.1, 0.15) is 13.3 Å². The highest BCUT2D eigenvalue weighted by atomic mass is 32.2. The Morgan fingerprint density at radius 2 is 2.27 bits per heavy atom. The van der Waals surface area contributed by atoms with Crippen molar-refractivity contribution >= 4 is 17.4 Å². The van der Waals surface area contributed by atoms with Gasteiger partial charge in [-0.05, 0) is 30.1 Å². The zero-order chi connectivity index (χ0) is 11.1. The van der Waals surface area contributed by atoms with Gasteiger partial charge in [0.2, 0.25) is 0 Å². The summed E-state index contributed by atoms with van der Waals surface area (Å²) in [6.07, 6.45) is 0.981. The maximum atomic E-state index is 12.7. The highest BCUT2D eigenvalue weighted by Gasteiger charge is 2.01. The third kappa shape index (κ3) is 4.42. The van der Waals surface area contributed by atoms with Gasteiger partial charge in [-0.2, -0.15) is 11.8 Å². The van der Waals surface area contributed by atoms with Crippen LogP contribution in [0.25, 0.3) is 0 Å². The van der Waals surface area contributed by atoms with E-state index < -0.39 is 0 Å². The summed E-state index contributed by atoms with van der Waals surface area (Å²) in [7, 11) is 0. The van der Waals surface area contributed by atoms with Crippen molar-refractivity contribution in [1.82, 2.24) is 0 Å². The van der Waals surface area contributed by atoms with Crippen LogP contribution in [-0.2, 0) is 0 Å². The van der Waals surface area contributed by atoms with Gasteiger partial charge in [0.15, 0.2) is 0 Å². The fourth-order valence-electron chi connectivity index (χ4n) is 1.14. The van der Waals surface area contributed by atoms with Crippen LogP contribution in [0.5, 0.6) is 5.75 Å². The first-order valence-electron chi connectivity index (χ1n) is 4.99. The number of benzene rings is 1. The average Bonchev–Trinajstić information content (AvgIpc) is 2.20. The Morgan fingerprint density at radius 1 is 1.47 bits per heavy atom. The third-order valence-electron chi connectivity index (χ3n) is 1.87. The van der Waals surface area contributed by atoms with E-state index in [1.165, 1.54) is 12.1 Å². The fourth-order valence-corrected chi connectivity index (χ4v) is 1.75. The number of ether oxygens (including phenoxy) is 1. The Bertz CT molecular complexity index is 307. The molecule has 2 nitrogen and oxygen atoms in total.